The number of carbonyl (C=O) groups is 1. The number of aromatic nitrogens is 1. The molecule has 18 heavy (non-hydrogen) atoms. The maximum atomic E-state index is 12.5. The number of H-pyrrole nitrogens is 1. The Balaban J connectivity index is 2.33. The molecule has 0 saturated heterocycles. The van der Waals surface area contributed by atoms with E-state index in [-0.39, 0.29) is 11.8 Å². The molecule has 0 aliphatic carbocycles. The molecule has 96 valence electrons. The zero-order chi connectivity index (χ0) is 13.1. The standard InChI is InChI=1S/C15H20N2O/c1-4-17(5-2)11(3)15(18)13-10-16-14-9-7-6-8-12(13)14/h6-11,16H,4-5H2,1-3H3/p+1/t11-/m1/s1. The lowest BCUT2D eigenvalue weighted by Gasteiger charge is -2.21. The van der Waals surface area contributed by atoms with Crippen molar-refractivity contribution < 1.29 is 9.69 Å². The summed E-state index contributed by atoms with van der Waals surface area (Å²) >= 11 is 0. The monoisotopic (exact) mass is 245 g/mol. The first-order valence-electron chi connectivity index (χ1n) is 6.63. The van der Waals surface area contributed by atoms with Crippen molar-refractivity contribution in [1.82, 2.24) is 4.98 Å². The van der Waals surface area contributed by atoms with E-state index in [9.17, 15) is 4.79 Å². The molecule has 2 rings (SSSR count). The van der Waals surface area contributed by atoms with Gasteiger partial charge in [0.15, 0.2) is 0 Å². The molecule has 0 amide bonds. The van der Waals surface area contributed by atoms with Crippen molar-refractivity contribution in [2.24, 2.45) is 0 Å². The zero-order valence-electron chi connectivity index (χ0n) is 11.3. The van der Waals surface area contributed by atoms with Crippen LogP contribution in [0.4, 0.5) is 0 Å². The smallest absolute Gasteiger partial charge is 0.221 e. The molecule has 1 aromatic heterocycles. The zero-order valence-corrected chi connectivity index (χ0v) is 11.3. The van der Waals surface area contributed by atoms with Crippen molar-refractivity contribution in [3.8, 4) is 0 Å². The van der Waals surface area contributed by atoms with Crippen LogP contribution in [0.2, 0.25) is 0 Å². The van der Waals surface area contributed by atoms with Gasteiger partial charge in [0.25, 0.3) is 0 Å². The summed E-state index contributed by atoms with van der Waals surface area (Å²) in [5, 5.41) is 1.03. The number of carbonyl (C=O) groups excluding carboxylic acids is 1. The third kappa shape index (κ3) is 2.18. The fraction of sp³-hybridized carbons (Fsp3) is 0.400. The van der Waals surface area contributed by atoms with Crippen molar-refractivity contribution in [1.29, 1.82) is 0 Å². The highest BCUT2D eigenvalue weighted by atomic mass is 16.1. The Morgan fingerprint density at radius 3 is 2.61 bits per heavy atom. The largest absolute Gasteiger partial charge is 0.360 e. The van der Waals surface area contributed by atoms with E-state index in [2.05, 4.69) is 18.8 Å². The van der Waals surface area contributed by atoms with Crippen LogP contribution in [0.5, 0.6) is 0 Å². The summed E-state index contributed by atoms with van der Waals surface area (Å²) in [5.41, 5.74) is 1.85. The highest BCUT2D eigenvalue weighted by Crippen LogP contribution is 2.18. The summed E-state index contributed by atoms with van der Waals surface area (Å²) in [5.74, 6) is 0.228. The topological polar surface area (TPSA) is 37.3 Å². The first-order valence-corrected chi connectivity index (χ1v) is 6.63. The van der Waals surface area contributed by atoms with Crippen molar-refractivity contribution in [2.45, 2.75) is 26.8 Å². The quantitative estimate of drug-likeness (QED) is 0.772. The predicted octanol–water partition coefficient (Wildman–Crippen LogP) is 1.66. The Morgan fingerprint density at radius 2 is 1.94 bits per heavy atom. The third-order valence-corrected chi connectivity index (χ3v) is 3.77. The number of aromatic amines is 1. The van der Waals surface area contributed by atoms with Gasteiger partial charge in [0.2, 0.25) is 5.78 Å². The molecule has 1 heterocycles. The van der Waals surface area contributed by atoms with E-state index in [4.69, 9.17) is 0 Å². The number of hydrogen-bond donors (Lipinski definition) is 2. The fourth-order valence-electron chi connectivity index (χ4n) is 2.56. The van der Waals surface area contributed by atoms with Crippen LogP contribution in [0.25, 0.3) is 10.9 Å². The highest BCUT2D eigenvalue weighted by Gasteiger charge is 2.25. The van der Waals surface area contributed by atoms with Crippen LogP contribution in [-0.2, 0) is 0 Å². The first kappa shape index (κ1) is 12.8. The van der Waals surface area contributed by atoms with Crippen LogP contribution in [0.15, 0.2) is 30.5 Å². The van der Waals surface area contributed by atoms with Gasteiger partial charge < -0.3 is 9.88 Å². The van der Waals surface area contributed by atoms with Crippen LogP contribution in [0.3, 0.4) is 0 Å². The van der Waals surface area contributed by atoms with Gasteiger partial charge in [-0.1, -0.05) is 18.2 Å². The minimum Gasteiger partial charge on any atom is -0.360 e. The van der Waals surface area contributed by atoms with E-state index in [0.29, 0.717) is 0 Å². The van der Waals surface area contributed by atoms with Gasteiger partial charge in [-0.2, -0.15) is 0 Å². The van der Waals surface area contributed by atoms with E-state index in [1.54, 1.807) is 0 Å². The Hall–Kier alpha value is -1.61. The van der Waals surface area contributed by atoms with Crippen molar-refractivity contribution >= 4 is 16.7 Å². The lowest BCUT2D eigenvalue weighted by Crippen LogP contribution is -3.15. The van der Waals surface area contributed by atoms with Gasteiger partial charge in [0.05, 0.1) is 13.1 Å². The van der Waals surface area contributed by atoms with Crippen molar-refractivity contribution in [3.63, 3.8) is 0 Å². The average Bonchev–Trinajstić information content (AvgIpc) is 2.83. The first-order chi connectivity index (χ1) is 8.69. The number of hydrogen-bond acceptors (Lipinski definition) is 1. The van der Waals surface area contributed by atoms with Gasteiger partial charge in [-0.05, 0) is 26.8 Å². The van der Waals surface area contributed by atoms with Gasteiger partial charge >= 0.3 is 0 Å². The molecule has 1 aromatic carbocycles. The van der Waals surface area contributed by atoms with E-state index in [1.807, 2.05) is 37.4 Å². The molecule has 3 nitrogen and oxygen atoms in total. The molecule has 0 unspecified atom stereocenters. The summed E-state index contributed by atoms with van der Waals surface area (Å²) in [6.07, 6.45) is 1.84. The van der Waals surface area contributed by atoms with Gasteiger partial charge in [0, 0.05) is 22.7 Å². The summed E-state index contributed by atoms with van der Waals surface area (Å²) in [7, 11) is 0. The molecule has 3 heteroatoms. The molecule has 1 atom stereocenters. The molecule has 0 radical (unpaired) electrons. The minimum absolute atomic E-state index is 0.0132. The molecule has 2 N–H and O–H groups in total. The van der Waals surface area contributed by atoms with Gasteiger partial charge in [-0.25, -0.2) is 0 Å². The summed E-state index contributed by atoms with van der Waals surface area (Å²) < 4.78 is 0. The van der Waals surface area contributed by atoms with E-state index < -0.39 is 0 Å². The molecule has 0 spiro atoms. The Morgan fingerprint density at radius 1 is 1.28 bits per heavy atom. The number of ketones is 1. The number of nitrogens with one attached hydrogen (secondary N) is 2. The number of quaternary nitrogens is 1. The summed E-state index contributed by atoms with van der Waals surface area (Å²) in [6, 6.07) is 7.97. The minimum atomic E-state index is 0.0132. The second-order valence-corrected chi connectivity index (χ2v) is 4.70. The summed E-state index contributed by atoms with van der Waals surface area (Å²) in [6.45, 7) is 8.22. The third-order valence-electron chi connectivity index (χ3n) is 3.77. The lowest BCUT2D eigenvalue weighted by atomic mass is 10.0. The van der Waals surface area contributed by atoms with Crippen molar-refractivity contribution in [3.05, 3.63) is 36.0 Å². The molecule has 0 aliphatic heterocycles. The molecule has 2 aromatic rings. The normalized spacial score (nSPS) is 13.1. The van der Waals surface area contributed by atoms with Crippen molar-refractivity contribution in [2.75, 3.05) is 13.1 Å². The van der Waals surface area contributed by atoms with Gasteiger partial charge in [-0.3, -0.25) is 4.79 Å². The SMILES string of the molecule is CC[NH+](CC)[C@H](C)C(=O)c1c[nH]c2ccccc12. The molecule has 0 fully saturated rings. The van der Waals surface area contributed by atoms with Crippen LogP contribution in [0, 0.1) is 0 Å². The van der Waals surface area contributed by atoms with Gasteiger partial charge in [-0.15, -0.1) is 0 Å². The van der Waals surface area contributed by atoms with E-state index in [1.165, 1.54) is 4.90 Å². The lowest BCUT2D eigenvalue weighted by molar-refractivity contribution is -0.910. The van der Waals surface area contributed by atoms with E-state index >= 15 is 0 Å². The fourth-order valence-corrected chi connectivity index (χ4v) is 2.56. The Bertz CT molecular complexity index is 540. The number of fused-ring (bicyclic) bond motifs is 1. The number of Topliss-reactive ketones (excluding diaryl/α,β-unsaturated/α-hetero) is 1. The molecular formula is C15H21N2O+. The molecule has 0 aliphatic rings. The van der Waals surface area contributed by atoms with Gasteiger partial charge in [0.1, 0.15) is 6.04 Å². The maximum Gasteiger partial charge on any atom is 0.221 e. The van der Waals surface area contributed by atoms with Crippen LogP contribution in [-0.4, -0.2) is 29.9 Å². The summed E-state index contributed by atoms with van der Waals surface area (Å²) in [4.78, 5) is 17.0. The highest BCUT2D eigenvalue weighted by molar-refractivity contribution is 6.09. The average molecular weight is 245 g/mol. The van der Waals surface area contributed by atoms with Crippen LogP contribution >= 0.6 is 0 Å². The number of likely N-dealkylation sites (N-methyl/N-ethyl adjacent to an activating group) is 1. The van der Waals surface area contributed by atoms with E-state index in [0.717, 1.165) is 29.6 Å². The Kier molecular flexibility index (Phi) is 3.82. The second kappa shape index (κ2) is 5.36. The predicted molar refractivity (Wildman–Crippen MR) is 74.1 cm³/mol. The molecule has 0 saturated carbocycles. The molecule has 0 bridgehead atoms. The second-order valence-electron chi connectivity index (χ2n) is 4.70. The Labute approximate surface area is 108 Å². The number of rotatable bonds is 5. The van der Waals surface area contributed by atoms with Crippen LogP contribution < -0.4 is 4.90 Å². The molecular weight excluding hydrogens is 224 g/mol. The number of benzene rings is 1. The number of para-hydroxylation sites is 1. The maximum absolute atomic E-state index is 12.5. The van der Waals surface area contributed by atoms with Crippen LogP contribution in [0.1, 0.15) is 31.1 Å².